The van der Waals surface area contributed by atoms with Gasteiger partial charge in [0.15, 0.2) is 5.69 Å². The van der Waals surface area contributed by atoms with E-state index in [-0.39, 0.29) is 0 Å². The van der Waals surface area contributed by atoms with Crippen LogP contribution in [-0.4, -0.2) is 22.4 Å². The smallest absolute Gasteiger partial charge is 0.481 e. The van der Waals surface area contributed by atoms with Gasteiger partial charge in [0.1, 0.15) is 5.75 Å². The molecule has 1 N–H and O–H groups in total. The fraction of sp³-hybridized carbons (Fsp3) is 0.400. The van der Waals surface area contributed by atoms with E-state index in [0.717, 1.165) is 0 Å². The molecule has 0 saturated carbocycles. The number of aromatic nitrogens is 1. The van der Waals surface area contributed by atoms with Crippen LogP contribution in [0.25, 0.3) is 0 Å². The van der Waals surface area contributed by atoms with Crippen LogP contribution in [0.4, 0.5) is 26.3 Å². The maximum Gasteiger partial charge on any atom is 0.573 e. The average Bonchev–Trinajstić information content (AvgIpc) is 2.23. The Bertz CT molecular complexity index is 543. The van der Waals surface area contributed by atoms with E-state index in [2.05, 4.69) is 25.7 Å². The molecule has 0 fully saturated rings. The summed E-state index contributed by atoms with van der Waals surface area (Å²) in [6.45, 7) is 0. The van der Waals surface area contributed by atoms with E-state index in [1.54, 1.807) is 0 Å². The van der Waals surface area contributed by atoms with Gasteiger partial charge in [-0.3, -0.25) is 4.79 Å². The second-order valence-electron chi connectivity index (χ2n) is 3.69. The van der Waals surface area contributed by atoms with Crippen molar-refractivity contribution >= 4 is 21.9 Å². The van der Waals surface area contributed by atoms with E-state index in [0.29, 0.717) is 6.07 Å². The standard InChI is InChI=1S/C10H6BrF6NO3/c11-3-5-6(21-10(15,16)17)1-4(2-7(19)20)18-8(5)9(12,13)14/h1H,2-3H2,(H,19,20). The number of carbonyl (C=O) groups is 1. The maximum atomic E-state index is 12.8. The minimum Gasteiger partial charge on any atom is -0.481 e. The van der Waals surface area contributed by atoms with Crippen molar-refractivity contribution in [1.82, 2.24) is 4.98 Å². The van der Waals surface area contributed by atoms with E-state index < -0.39 is 53.0 Å². The summed E-state index contributed by atoms with van der Waals surface area (Å²) in [5, 5.41) is 7.91. The summed E-state index contributed by atoms with van der Waals surface area (Å²) in [5.74, 6) is -2.68. The number of carboxylic acids is 1. The van der Waals surface area contributed by atoms with Gasteiger partial charge < -0.3 is 9.84 Å². The molecule has 0 aliphatic rings. The number of halogens is 7. The average molecular weight is 382 g/mol. The van der Waals surface area contributed by atoms with Crippen LogP contribution in [0.5, 0.6) is 5.75 Å². The SMILES string of the molecule is O=C(O)Cc1cc(OC(F)(F)F)c(CBr)c(C(F)(F)F)n1. The van der Waals surface area contributed by atoms with Crippen molar-refractivity contribution in [2.75, 3.05) is 0 Å². The third-order valence-electron chi connectivity index (χ3n) is 2.10. The third kappa shape index (κ3) is 5.06. The number of nitrogens with zero attached hydrogens (tertiary/aromatic N) is 1. The van der Waals surface area contributed by atoms with Gasteiger partial charge in [-0.25, -0.2) is 4.98 Å². The lowest BCUT2D eigenvalue weighted by atomic mass is 10.1. The van der Waals surface area contributed by atoms with Crippen LogP contribution in [0.3, 0.4) is 0 Å². The fourth-order valence-electron chi connectivity index (χ4n) is 1.42. The van der Waals surface area contributed by atoms with Gasteiger partial charge in [-0.15, -0.1) is 13.2 Å². The third-order valence-corrected chi connectivity index (χ3v) is 2.66. The normalized spacial score (nSPS) is 12.3. The fourth-order valence-corrected chi connectivity index (χ4v) is 1.97. The molecule has 118 valence electrons. The highest BCUT2D eigenvalue weighted by molar-refractivity contribution is 9.08. The number of alkyl halides is 7. The molecule has 1 heterocycles. The summed E-state index contributed by atoms with van der Waals surface area (Å²) in [6, 6.07) is 0.521. The number of aliphatic carboxylic acids is 1. The number of carboxylic acid groups (broad SMARTS) is 1. The predicted molar refractivity (Wildman–Crippen MR) is 59.9 cm³/mol. The molecule has 0 aliphatic heterocycles. The van der Waals surface area contributed by atoms with Crippen LogP contribution in [0, 0.1) is 0 Å². The van der Waals surface area contributed by atoms with Gasteiger partial charge in [0.2, 0.25) is 0 Å². The summed E-state index contributed by atoms with van der Waals surface area (Å²) >= 11 is 2.63. The van der Waals surface area contributed by atoms with Crippen molar-refractivity contribution in [3.63, 3.8) is 0 Å². The summed E-state index contributed by atoms with van der Waals surface area (Å²) in [7, 11) is 0. The van der Waals surface area contributed by atoms with Crippen LogP contribution in [-0.2, 0) is 22.7 Å². The molecule has 0 radical (unpaired) electrons. The highest BCUT2D eigenvalue weighted by Gasteiger charge is 2.39. The molecule has 21 heavy (non-hydrogen) atoms. The van der Waals surface area contributed by atoms with E-state index in [9.17, 15) is 31.1 Å². The molecule has 11 heteroatoms. The van der Waals surface area contributed by atoms with E-state index >= 15 is 0 Å². The lowest BCUT2D eigenvalue weighted by molar-refractivity contribution is -0.275. The number of pyridine rings is 1. The van der Waals surface area contributed by atoms with Gasteiger partial charge >= 0.3 is 18.5 Å². The first-order valence-corrected chi connectivity index (χ1v) is 6.19. The molecule has 0 aromatic carbocycles. The molecule has 0 unspecified atom stereocenters. The molecule has 0 atom stereocenters. The number of hydrogen-bond acceptors (Lipinski definition) is 3. The van der Waals surface area contributed by atoms with Crippen LogP contribution in [0.1, 0.15) is 17.0 Å². The van der Waals surface area contributed by atoms with Crippen molar-refractivity contribution in [3.8, 4) is 5.75 Å². The van der Waals surface area contributed by atoms with Gasteiger partial charge in [-0.2, -0.15) is 13.2 Å². The van der Waals surface area contributed by atoms with Crippen molar-refractivity contribution < 1.29 is 41.0 Å². The van der Waals surface area contributed by atoms with Gasteiger partial charge in [0, 0.05) is 17.0 Å². The summed E-state index contributed by atoms with van der Waals surface area (Å²) in [4.78, 5) is 13.5. The number of hydrogen-bond donors (Lipinski definition) is 1. The molecule has 0 saturated heterocycles. The summed E-state index contributed by atoms with van der Waals surface area (Å²) < 4.78 is 78.6. The Hall–Kier alpha value is -1.52. The summed E-state index contributed by atoms with van der Waals surface area (Å²) in [6.07, 6.45) is -11.2. The minimum absolute atomic E-state index is 0.521. The molecular weight excluding hydrogens is 376 g/mol. The van der Waals surface area contributed by atoms with E-state index in [1.165, 1.54) is 0 Å². The monoisotopic (exact) mass is 381 g/mol. The van der Waals surface area contributed by atoms with Crippen molar-refractivity contribution in [3.05, 3.63) is 23.0 Å². The highest BCUT2D eigenvalue weighted by Crippen LogP contribution is 2.38. The molecule has 0 amide bonds. The zero-order chi connectivity index (χ0) is 16.4. The molecule has 0 aliphatic carbocycles. The lowest BCUT2D eigenvalue weighted by Gasteiger charge is -2.17. The van der Waals surface area contributed by atoms with E-state index in [4.69, 9.17) is 5.11 Å². The Morgan fingerprint density at radius 2 is 1.86 bits per heavy atom. The molecule has 0 spiro atoms. The minimum atomic E-state index is -5.22. The first-order valence-electron chi connectivity index (χ1n) is 5.07. The van der Waals surface area contributed by atoms with Gasteiger partial charge in [0.25, 0.3) is 0 Å². The second kappa shape index (κ2) is 6.08. The Morgan fingerprint density at radius 1 is 1.29 bits per heavy atom. The highest BCUT2D eigenvalue weighted by atomic mass is 79.9. The first kappa shape index (κ1) is 17.5. The summed E-state index contributed by atoms with van der Waals surface area (Å²) in [5.41, 5.74) is -3.19. The van der Waals surface area contributed by atoms with Crippen LogP contribution in [0.2, 0.25) is 0 Å². The number of ether oxygens (including phenoxy) is 1. The Balaban J connectivity index is 3.48. The van der Waals surface area contributed by atoms with Crippen LogP contribution >= 0.6 is 15.9 Å². The van der Waals surface area contributed by atoms with Crippen molar-refractivity contribution in [2.45, 2.75) is 24.3 Å². The van der Waals surface area contributed by atoms with Crippen molar-refractivity contribution in [2.24, 2.45) is 0 Å². The largest absolute Gasteiger partial charge is 0.573 e. The quantitative estimate of drug-likeness (QED) is 0.640. The Kier molecular flexibility index (Phi) is 5.07. The first-order chi connectivity index (χ1) is 9.44. The lowest BCUT2D eigenvalue weighted by Crippen LogP contribution is -2.21. The van der Waals surface area contributed by atoms with Crippen molar-refractivity contribution in [1.29, 1.82) is 0 Å². The molecular formula is C10H6BrF6NO3. The van der Waals surface area contributed by atoms with Crippen LogP contribution in [0.15, 0.2) is 6.07 Å². The Morgan fingerprint density at radius 3 is 2.24 bits per heavy atom. The molecule has 4 nitrogen and oxygen atoms in total. The van der Waals surface area contributed by atoms with Gasteiger partial charge in [-0.05, 0) is 0 Å². The van der Waals surface area contributed by atoms with Crippen LogP contribution < -0.4 is 4.74 Å². The maximum absolute atomic E-state index is 12.8. The molecule has 1 rings (SSSR count). The zero-order valence-electron chi connectivity index (χ0n) is 9.85. The second-order valence-corrected chi connectivity index (χ2v) is 4.25. The molecule has 0 bridgehead atoms. The molecule has 1 aromatic heterocycles. The van der Waals surface area contributed by atoms with E-state index in [1.807, 2.05) is 0 Å². The van der Waals surface area contributed by atoms with Gasteiger partial charge in [0.05, 0.1) is 12.1 Å². The molecule has 1 aromatic rings. The van der Waals surface area contributed by atoms with Gasteiger partial charge in [-0.1, -0.05) is 15.9 Å². The predicted octanol–water partition coefficient (Wildman–Crippen LogP) is 3.52. The Labute approximate surface area is 121 Å². The topological polar surface area (TPSA) is 59.4 Å². The number of rotatable bonds is 4. The zero-order valence-corrected chi connectivity index (χ0v) is 11.4.